The number of aromatic nitrogens is 1. The van der Waals surface area contributed by atoms with Crippen LogP contribution in [0, 0.1) is 0 Å². The summed E-state index contributed by atoms with van der Waals surface area (Å²) >= 11 is 5.66. The molecular formula is C20H25ClN4O5S. The van der Waals surface area contributed by atoms with E-state index in [-0.39, 0.29) is 24.2 Å². The smallest absolute Gasteiger partial charge is 0.303 e. The van der Waals surface area contributed by atoms with E-state index in [2.05, 4.69) is 21.1 Å². The van der Waals surface area contributed by atoms with Crippen molar-refractivity contribution < 1.29 is 22.4 Å². The van der Waals surface area contributed by atoms with Crippen LogP contribution in [0.1, 0.15) is 45.7 Å². The van der Waals surface area contributed by atoms with Crippen molar-refractivity contribution in [2.75, 3.05) is 24.9 Å². The molecular weight excluding hydrogens is 444 g/mol. The third-order valence-corrected chi connectivity index (χ3v) is 7.01. The van der Waals surface area contributed by atoms with Crippen LogP contribution in [0.5, 0.6) is 0 Å². The van der Waals surface area contributed by atoms with Gasteiger partial charge in [0.25, 0.3) is 6.01 Å². The monoisotopic (exact) mass is 468 g/mol. The molecule has 2 aromatic rings. The van der Waals surface area contributed by atoms with Gasteiger partial charge in [0.1, 0.15) is 0 Å². The Morgan fingerprint density at radius 3 is 2.52 bits per heavy atom. The fourth-order valence-electron chi connectivity index (χ4n) is 4.12. The second kappa shape index (κ2) is 9.15. The van der Waals surface area contributed by atoms with Gasteiger partial charge in [-0.1, -0.05) is 6.07 Å². The van der Waals surface area contributed by atoms with E-state index < -0.39 is 22.2 Å². The van der Waals surface area contributed by atoms with Gasteiger partial charge in [-0.05, 0) is 60.8 Å². The van der Waals surface area contributed by atoms with Crippen molar-refractivity contribution in [3.05, 3.63) is 40.3 Å². The summed E-state index contributed by atoms with van der Waals surface area (Å²) in [6.07, 6.45) is 7.04. The van der Waals surface area contributed by atoms with Crippen LogP contribution in [0.4, 0.5) is 11.7 Å². The molecule has 0 spiro atoms. The normalized spacial score (nSPS) is 16.1. The van der Waals surface area contributed by atoms with Crippen LogP contribution in [-0.4, -0.2) is 44.9 Å². The van der Waals surface area contributed by atoms with E-state index >= 15 is 0 Å². The van der Waals surface area contributed by atoms with Crippen molar-refractivity contribution in [2.45, 2.75) is 44.6 Å². The molecule has 4 rings (SSSR count). The Bertz CT molecular complexity index is 1050. The summed E-state index contributed by atoms with van der Waals surface area (Å²) in [5.74, 6) is -1.02. The first-order chi connectivity index (χ1) is 14.9. The van der Waals surface area contributed by atoms with E-state index in [1.54, 1.807) is 0 Å². The standard InChI is InChI=1S/C20H25ClN4O5S/c1-29-14(9-21)10-23-31(27,28)25-19(26)17-11-22-20(30-17)24-18-15-6-2-4-12(15)8-13-5-3-7-16(13)18/h8,11,14,23H,2-7,9-10H2,1H3,(H,22,24)(H,25,26). The van der Waals surface area contributed by atoms with Gasteiger partial charge in [-0.2, -0.15) is 13.1 Å². The summed E-state index contributed by atoms with van der Waals surface area (Å²) in [6, 6.07) is 2.48. The summed E-state index contributed by atoms with van der Waals surface area (Å²) in [5.41, 5.74) is 6.30. The fraction of sp³-hybridized carbons (Fsp3) is 0.500. The van der Waals surface area contributed by atoms with Crippen LogP contribution >= 0.6 is 11.6 Å². The Labute approximate surface area is 186 Å². The molecule has 2 aliphatic carbocycles. The predicted octanol–water partition coefficient (Wildman–Crippen LogP) is 2.21. The number of nitrogens with zero attached hydrogens (tertiary/aromatic N) is 1. The second-order valence-corrected chi connectivity index (χ2v) is 9.49. The number of benzene rings is 1. The van der Waals surface area contributed by atoms with E-state index in [1.165, 1.54) is 35.6 Å². The highest BCUT2D eigenvalue weighted by Gasteiger charge is 2.26. The number of anilines is 2. The van der Waals surface area contributed by atoms with E-state index in [9.17, 15) is 13.2 Å². The summed E-state index contributed by atoms with van der Waals surface area (Å²) < 4.78 is 38.8. The lowest BCUT2D eigenvalue weighted by Crippen LogP contribution is -2.43. The summed E-state index contributed by atoms with van der Waals surface area (Å²) in [7, 11) is -2.69. The van der Waals surface area contributed by atoms with Gasteiger partial charge in [0.15, 0.2) is 0 Å². The number of carbonyl (C=O) groups is 1. The van der Waals surface area contributed by atoms with Gasteiger partial charge in [-0.15, -0.1) is 11.6 Å². The maximum atomic E-state index is 12.3. The Morgan fingerprint density at radius 1 is 1.23 bits per heavy atom. The highest BCUT2D eigenvalue weighted by atomic mass is 35.5. The Hall–Kier alpha value is -2.14. The topological polar surface area (TPSA) is 123 Å². The number of oxazole rings is 1. The number of methoxy groups -OCH3 is 1. The van der Waals surface area contributed by atoms with Gasteiger partial charge in [-0.25, -0.2) is 9.71 Å². The molecule has 0 saturated heterocycles. The van der Waals surface area contributed by atoms with Crippen molar-refractivity contribution >= 4 is 39.4 Å². The molecule has 0 radical (unpaired) electrons. The minimum atomic E-state index is -4.11. The van der Waals surface area contributed by atoms with Crippen molar-refractivity contribution in [3.8, 4) is 0 Å². The molecule has 9 nitrogen and oxygen atoms in total. The van der Waals surface area contributed by atoms with Crippen molar-refractivity contribution in [1.29, 1.82) is 0 Å². The number of hydrogen-bond donors (Lipinski definition) is 3. The van der Waals surface area contributed by atoms with E-state index in [4.69, 9.17) is 20.8 Å². The molecule has 0 aliphatic heterocycles. The van der Waals surface area contributed by atoms with E-state index in [1.807, 2.05) is 4.72 Å². The molecule has 1 aromatic carbocycles. The number of fused-ring (bicyclic) bond motifs is 2. The summed E-state index contributed by atoms with van der Waals surface area (Å²) in [4.78, 5) is 16.5. The first kappa shape index (κ1) is 22.1. The summed E-state index contributed by atoms with van der Waals surface area (Å²) in [5, 5.41) is 3.24. The van der Waals surface area contributed by atoms with Gasteiger partial charge in [0, 0.05) is 25.2 Å². The minimum absolute atomic E-state index is 0.0734. The molecule has 0 saturated carbocycles. The van der Waals surface area contributed by atoms with Crippen LogP contribution in [-0.2, 0) is 40.6 Å². The van der Waals surface area contributed by atoms with Crippen LogP contribution in [0.3, 0.4) is 0 Å². The second-order valence-electron chi connectivity index (χ2n) is 7.68. The van der Waals surface area contributed by atoms with Gasteiger partial charge < -0.3 is 14.5 Å². The lowest BCUT2D eigenvalue weighted by Gasteiger charge is -2.15. The molecule has 1 heterocycles. The largest absolute Gasteiger partial charge is 0.418 e. The van der Waals surface area contributed by atoms with Crippen molar-refractivity contribution in [1.82, 2.24) is 14.4 Å². The quantitative estimate of drug-likeness (QED) is 0.482. The molecule has 2 aliphatic rings. The van der Waals surface area contributed by atoms with Gasteiger partial charge in [0.05, 0.1) is 12.3 Å². The predicted molar refractivity (Wildman–Crippen MR) is 116 cm³/mol. The number of amides is 1. The van der Waals surface area contributed by atoms with Crippen LogP contribution in [0.15, 0.2) is 16.7 Å². The average molecular weight is 469 g/mol. The Kier molecular flexibility index (Phi) is 6.52. The Balaban J connectivity index is 1.45. The number of hydrogen-bond acceptors (Lipinski definition) is 7. The van der Waals surface area contributed by atoms with Crippen LogP contribution in [0.2, 0.25) is 0 Å². The van der Waals surface area contributed by atoms with Crippen LogP contribution in [0.25, 0.3) is 0 Å². The molecule has 1 aromatic heterocycles. The number of halogens is 1. The molecule has 1 amide bonds. The number of rotatable bonds is 9. The number of nitrogens with one attached hydrogen (secondary N) is 3. The van der Waals surface area contributed by atoms with Crippen molar-refractivity contribution in [3.63, 3.8) is 0 Å². The zero-order valence-electron chi connectivity index (χ0n) is 17.2. The van der Waals surface area contributed by atoms with Gasteiger partial charge >= 0.3 is 16.1 Å². The van der Waals surface area contributed by atoms with E-state index in [0.29, 0.717) is 0 Å². The molecule has 0 bridgehead atoms. The first-order valence-corrected chi connectivity index (χ1v) is 12.2. The Morgan fingerprint density at radius 2 is 1.90 bits per heavy atom. The fourth-order valence-corrected chi connectivity index (χ4v) is 5.18. The lowest BCUT2D eigenvalue weighted by atomic mass is 9.99. The number of ether oxygens (including phenoxy) is 1. The van der Waals surface area contributed by atoms with Crippen molar-refractivity contribution in [2.24, 2.45) is 0 Å². The molecule has 1 unspecified atom stereocenters. The lowest BCUT2D eigenvalue weighted by molar-refractivity contribution is 0.0953. The van der Waals surface area contributed by atoms with Crippen LogP contribution < -0.4 is 14.8 Å². The minimum Gasteiger partial charge on any atom is -0.418 e. The van der Waals surface area contributed by atoms with Gasteiger partial charge in [0.2, 0.25) is 5.76 Å². The third kappa shape index (κ3) is 4.87. The highest BCUT2D eigenvalue weighted by molar-refractivity contribution is 7.88. The number of alkyl halides is 1. The average Bonchev–Trinajstić information content (AvgIpc) is 3.48. The zero-order chi connectivity index (χ0) is 22.0. The third-order valence-electron chi connectivity index (χ3n) is 5.67. The van der Waals surface area contributed by atoms with E-state index in [0.717, 1.165) is 44.2 Å². The zero-order valence-corrected chi connectivity index (χ0v) is 18.7. The highest BCUT2D eigenvalue weighted by Crippen LogP contribution is 2.39. The number of carbonyl (C=O) groups excluding carboxylic acids is 1. The molecule has 0 fully saturated rings. The SMILES string of the molecule is COC(CCl)CNS(=O)(=O)NC(=O)c1cnc(Nc2c3c(cc4c2CCC4)CCC3)o1. The first-order valence-electron chi connectivity index (χ1n) is 10.2. The summed E-state index contributed by atoms with van der Waals surface area (Å²) in [6.45, 7) is -0.0734. The molecule has 31 heavy (non-hydrogen) atoms. The molecule has 11 heteroatoms. The molecule has 3 N–H and O–H groups in total. The molecule has 1 atom stereocenters. The maximum Gasteiger partial charge on any atom is 0.303 e. The number of aryl methyl sites for hydroxylation is 2. The maximum absolute atomic E-state index is 12.3. The molecule has 168 valence electrons. The van der Waals surface area contributed by atoms with Gasteiger partial charge in [-0.3, -0.25) is 4.79 Å².